The first kappa shape index (κ1) is 24.2. The van der Waals surface area contributed by atoms with Crippen LogP contribution in [0.2, 0.25) is 0 Å². The summed E-state index contributed by atoms with van der Waals surface area (Å²) in [4.78, 5) is 9.60. The van der Waals surface area contributed by atoms with Crippen molar-refractivity contribution in [2.75, 3.05) is 39.8 Å². The van der Waals surface area contributed by atoms with Crippen LogP contribution in [0.1, 0.15) is 31.5 Å². The van der Waals surface area contributed by atoms with E-state index >= 15 is 0 Å². The second-order valence-corrected chi connectivity index (χ2v) is 9.02. The lowest BCUT2D eigenvalue weighted by atomic mass is 9.98. The smallest absolute Gasteiger partial charge is 0.0485 e. The van der Waals surface area contributed by atoms with Gasteiger partial charge in [0.05, 0.1) is 0 Å². The molecule has 1 aliphatic rings. The van der Waals surface area contributed by atoms with Gasteiger partial charge in [-0.15, -0.1) is 0 Å². The number of nitrogens with zero attached hydrogens (tertiary/aromatic N) is 4. The summed E-state index contributed by atoms with van der Waals surface area (Å²) in [6.07, 6.45) is 7.83. The van der Waals surface area contributed by atoms with Crippen LogP contribution in [0.4, 0.5) is 0 Å². The average molecular weight is 433 g/mol. The third kappa shape index (κ3) is 5.87. The Balaban J connectivity index is 1.83. The maximum Gasteiger partial charge on any atom is 0.0485 e. The number of fused-ring (bicyclic) bond motifs is 1. The Hall–Kier alpha value is -2.43. The van der Waals surface area contributed by atoms with Crippen LogP contribution in [0.15, 0.2) is 66.3 Å². The van der Waals surface area contributed by atoms with E-state index in [-0.39, 0.29) is 0 Å². The standard InChI is InChI=1S/C28H40N4/c1-7-22(3)23(4)13-14-25(29-8-2)21-27-24(5)32(28-12-10-9-11-26(27)28)20-19-31-17-15-30(6)16-18-31/h8-14,23H,2-3,7,15-21H2,1,4-6H3/b14-13-,29-25?. The Morgan fingerprint density at radius 2 is 1.88 bits per heavy atom. The maximum absolute atomic E-state index is 4.60. The first-order valence-electron chi connectivity index (χ1n) is 12.0. The quantitative estimate of drug-likeness (QED) is 0.366. The third-order valence-electron chi connectivity index (χ3n) is 6.89. The zero-order chi connectivity index (χ0) is 23.1. The van der Waals surface area contributed by atoms with Gasteiger partial charge in [0.2, 0.25) is 0 Å². The molecule has 4 heteroatoms. The number of hydrogen-bond donors (Lipinski definition) is 0. The molecule has 1 saturated heterocycles. The number of likely N-dealkylation sites (N-methyl/N-ethyl adjacent to an activating group) is 1. The summed E-state index contributed by atoms with van der Waals surface area (Å²) in [6, 6.07) is 8.79. The molecule has 0 N–H and O–H groups in total. The van der Waals surface area contributed by atoms with Crippen LogP contribution >= 0.6 is 0 Å². The van der Waals surface area contributed by atoms with Crippen molar-refractivity contribution in [3.05, 3.63) is 72.6 Å². The van der Waals surface area contributed by atoms with Gasteiger partial charge in [0, 0.05) is 74.2 Å². The van der Waals surface area contributed by atoms with Crippen LogP contribution < -0.4 is 0 Å². The molecule has 172 valence electrons. The Morgan fingerprint density at radius 3 is 2.56 bits per heavy atom. The molecule has 0 aliphatic carbocycles. The largest absolute Gasteiger partial charge is 0.343 e. The SMILES string of the molecule is C=CN=C(/C=C\C(C)C(=C)CC)Cc1c(C)n(CCN2CCN(C)CC2)c2ccccc12. The topological polar surface area (TPSA) is 23.8 Å². The summed E-state index contributed by atoms with van der Waals surface area (Å²) < 4.78 is 2.50. The fourth-order valence-corrected chi connectivity index (χ4v) is 4.49. The molecule has 0 radical (unpaired) electrons. The van der Waals surface area contributed by atoms with E-state index in [2.05, 4.69) is 96.8 Å². The first-order valence-corrected chi connectivity index (χ1v) is 12.0. The van der Waals surface area contributed by atoms with Gasteiger partial charge < -0.3 is 9.47 Å². The maximum atomic E-state index is 4.60. The predicted octanol–water partition coefficient (Wildman–Crippen LogP) is 5.48. The van der Waals surface area contributed by atoms with Crippen molar-refractivity contribution in [3.63, 3.8) is 0 Å². The summed E-state index contributed by atoms with van der Waals surface area (Å²) >= 11 is 0. The highest BCUT2D eigenvalue weighted by Gasteiger charge is 2.17. The highest BCUT2D eigenvalue weighted by Crippen LogP contribution is 2.27. The lowest BCUT2D eigenvalue weighted by Gasteiger charge is -2.32. The predicted molar refractivity (Wildman–Crippen MR) is 140 cm³/mol. The van der Waals surface area contributed by atoms with Gasteiger partial charge >= 0.3 is 0 Å². The number of aromatic nitrogens is 1. The minimum absolute atomic E-state index is 0.348. The second-order valence-electron chi connectivity index (χ2n) is 9.02. The van der Waals surface area contributed by atoms with E-state index in [1.54, 1.807) is 6.20 Å². The molecule has 4 nitrogen and oxygen atoms in total. The van der Waals surface area contributed by atoms with Gasteiger partial charge in [0.15, 0.2) is 0 Å². The summed E-state index contributed by atoms with van der Waals surface area (Å²) in [5.74, 6) is 0.348. The molecule has 2 aromatic rings. The van der Waals surface area contributed by atoms with Crippen molar-refractivity contribution >= 4 is 16.6 Å². The summed E-state index contributed by atoms with van der Waals surface area (Å²) in [7, 11) is 2.21. The van der Waals surface area contributed by atoms with Gasteiger partial charge in [0.25, 0.3) is 0 Å². The number of hydrogen-bond acceptors (Lipinski definition) is 3. The van der Waals surface area contributed by atoms with Crippen LogP contribution in [0.5, 0.6) is 0 Å². The molecule has 2 heterocycles. The molecule has 0 saturated carbocycles. The van der Waals surface area contributed by atoms with E-state index in [0.29, 0.717) is 5.92 Å². The highest BCUT2D eigenvalue weighted by molar-refractivity contribution is 6.00. The second kappa shape index (κ2) is 11.4. The molecule has 1 aliphatic heterocycles. The molecule has 1 fully saturated rings. The van der Waals surface area contributed by atoms with Crippen molar-refractivity contribution in [1.82, 2.24) is 14.4 Å². The van der Waals surface area contributed by atoms with Gasteiger partial charge in [-0.3, -0.25) is 9.89 Å². The lowest BCUT2D eigenvalue weighted by molar-refractivity contribution is 0.150. The van der Waals surface area contributed by atoms with Gasteiger partial charge in [-0.25, -0.2) is 0 Å². The number of aliphatic imine (C=N–C) groups is 1. The van der Waals surface area contributed by atoms with E-state index in [0.717, 1.165) is 57.8 Å². The van der Waals surface area contributed by atoms with E-state index in [1.807, 2.05) is 0 Å². The van der Waals surface area contributed by atoms with Gasteiger partial charge in [-0.2, -0.15) is 0 Å². The van der Waals surface area contributed by atoms with Crippen molar-refractivity contribution in [1.29, 1.82) is 0 Å². The number of para-hydroxylation sites is 1. The molecular weight excluding hydrogens is 392 g/mol. The summed E-state index contributed by atoms with van der Waals surface area (Å²) in [5, 5.41) is 1.33. The minimum atomic E-state index is 0.348. The fraction of sp³-hybridized carbons (Fsp3) is 0.464. The molecule has 1 aromatic carbocycles. The van der Waals surface area contributed by atoms with Gasteiger partial charge in [-0.1, -0.05) is 56.9 Å². The van der Waals surface area contributed by atoms with E-state index < -0.39 is 0 Å². The number of rotatable bonds is 10. The molecule has 0 bridgehead atoms. The third-order valence-corrected chi connectivity index (χ3v) is 6.89. The first-order chi connectivity index (χ1) is 15.4. The Labute approximate surface area is 194 Å². The van der Waals surface area contributed by atoms with Crippen LogP contribution in [0, 0.1) is 12.8 Å². The monoisotopic (exact) mass is 432 g/mol. The highest BCUT2D eigenvalue weighted by atomic mass is 15.3. The molecule has 32 heavy (non-hydrogen) atoms. The zero-order valence-corrected chi connectivity index (χ0v) is 20.5. The molecule has 0 spiro atoms. The molecule has 1 unspecified atom stereocenters. The Morgan fingerprint density at radius 1 is 1.16 bits per heavy atom. The van der Waals surface area contributed by atoms with E-state index in [1.165, 1.54) is 27.7 Å². The van der Waals surface area contributed by atoms with Crippen LogP contribution in [-0.4, -0.2) is 59.9 Å². The van der Waals surface area contributed by atoms with Crippen molar-refractivity contribution in [2.45, 2.75) is 40.2 Å². The molecule has 0 amide bonds. The Bertz CT molecular complexity index is 986. The number of benzene rings is 1. The Kier molecular flexibility index (Phi) is 8.66. The van der Waals surface area contributed by atoms with Crippen LogP contribution in [-0.2, 0) is 13.0 Å². The fourth-order valence-electron chi connectivity index (χ4n) is 4.49. The van der Waals surface area contributed by atoms with Gasteiger partial charge in [0.1, 0.15) is 0 Å². The average Bonchev–Trinajstić information content (AvgIpc) is 3.07. The van der Waals surface area contributed by atoms with Crippen molar-refractivity contribution in [2.24, 2.45) is 10.9 Å². The summed E-state index contributed by atoms with van der Waals surface area (Å²) in [5.41, 5.74) is 6.32. The molecule has 1 aromatic heterocycles. The molecule has 3 rings (SSSR count). The molecule has 1 atom stereocenters. The van der Waals surface area contributed by atoms with Gasteiger partial charge in [-0.05, 0) is 44.0 Å². The minimum Gasteiger partial charge on any atom is -0.343 e. The van der Waals surface area contributed by atoms with E-state index in [9.17, 15) is 0 Å². The van der Waals surface area contributed by atoms with Crippen LogP contribution in [0.3, 0.4) is 0 Å². The lowest BCUT2D eigenvalue weighted by Crippen LogP contribution is -2.45. The molecular formula is C28H40N4. The van der Waals surface area contributed by atoms with Crippen molar-refractivity contribution < 1.29 is 0 Å². The number of allylic oxidation sites excluding steroid dienone is 3. The normalized spacial score (nSPS) is 17.3. The van der Waals surface area contributed by atoms with Crippen LogP contribution in [0.25, 0.3) is 10.9 Å². The number of piperazine rings is 1. The van der Waals surface area contributed by atoms with E-state index in [4.69, 9.17) is 0 Å². The summed E-state index contributed by atoms with van der Waals surface area (Å²) in [6.45, 7) is 21.4. The zero-order valence-electron chi connectivity index (χ0n) is 20.5. The van der Waals surface area contributed by atoms with Crippen molar-refractivity contribution in [3.8, 4) is 0 Å².